The van der Waals surface area contributed by atoms with Gasteiger partial charge in [0.05, 0.1) is 21.7 Å². The van der Waals surface area contributed by atoms with Crippen molar-refractivity contribution in [1.82, 2.24) is 15.3 Å². The molecule has 0 spiro atoms. The highest BCUT2D eigenvalue weighted by molar-refractivity contribution is 9.10. The molecule has 4 aromatic rings. The molecule has 0 radical (unpaired) electrons. The number of carboxylic acid groups (broad SMARTS) is 1. The van der Waals surface area contributed by atoms with Crippen molar-refractivity contribution in [3.63, 3.8) is 0 Å². The Morgan fingerprint density at radius 1 is 1.10 bits per heavy atom. The van der Waals surface area contributed by atoms with Gasteiger partial charge in [-0.25, -0.2) is 9.78 Å². The van der Waals surface area contributed by atoms with Crippen LogP contribution < -0.4 is 15.0 Å². The predicted octanol–water partition coefficient (Wildman–Crippen LogP) is 5.92. The molecule has 8 nitrogen and oxygen atoms in total. The average Bonchev–Trinajstić information content (AvgIpc) is 2.89. The minimum absolute atomic E-state index is 0.0856. The molecule has 1 fully saturated rings. The molecule has 0 atom stereocenters. The fraction of sp³-hybridized carbons (Fsp3) is 0.321. The van der Waals surface area contributed by atoms with Crippen LogP contribution >= 0.6 is 15.9 Å². The van der Waals surface area contributed by atoms with Crippen molar-refractivity contribution in [2.45, 2.75) is 31.9 Å². The monoisotopic (exact) mass is 618 g/mol. The summed E-state index contributed by atoms with van der Waals surface area (Å²) in [4.78, 5) is 22.6. The lowest BCUT2D eigenvalue weighted by molar-refractivity contribution is -0.274. The van der Waals surface area contributed by atoms with Gasteiger partial charge in [-0.15, -0.1) is 13.2 Å². The van der Waals surface area contributed by atoms with Gasteiger partial charge in [0.15, 0.2) is 0 Å². The molecule has 40 heavy (non-hydrogen) atoms. The third-order valence-corrected chi connectivity index (χ3v) is 7.24. The molecule has 2 aromatic heterocycles. The summed E-state index contributed by atoms with van der Waals surface area (Å²) < 4.78 is 47.4. The highest BCUT2D eigenvalue weighted by atomic mass is 79.9. The first-order valence-electron chi connectivity index (χ1n) is 12.7. The van der Waals surface area contributed by atoms with E-state index in [-0.39, 0.29) is 21.9 Å². The molecule has 210 valence electrons. The van der Waals surface area contributed by atoms with E-state index in [1.807, 2.05) is 6.07 Å². The SMILES string of the molecule is O=C(O)c1ccc2c(c1)nc(N1CC(OCCCCNCc3ccc(OC(F)(F)F)c(Br)c3)C1)c1ccncc12. The Kier molecular flexibility index (Phi) is 8.38. The van der Waals surface area contributed by atoms with E-state index in [2.05, 4.69) is 35.9 Å². The van der Waals surface area contributed by atoms with Crippen molar-refractivity contribution in [1.29, 1.82) is 0 Å². The van der Waals surface area contributed by atoms with E-state index in [4.69, 9.17) is 9.72 Å². The van der Waals surface area contributed by atoms with Gasteiger partial charge in [-0.05, 0) is 71.2 Å². The summed E-state index contributed by atoms with van der Waals surface area (Å²) in [6, 6.07) is 11.4. The number of benzene rings is 2. The maximum absolute atomic E-state index is 12.4. The smallest absolute Gasteiger partial charge is 0.478 e. The number of hydrogen-bond acceptors (Lipinski definition) is 7. The first kappa shape index (κ1) is 28.1. The number of nitrogens with zero attached hydrogens (tertiary/aromatic N) is 3. The number of fused-ring (bicyclic) bond motifs is 3. The van der Waals surface area contributed by atoms with Crippen LogP contribution in [0.3, 0.4) is 0 Å². The zero-order chi connectivity index (χ0) is 28.3. The predicted molar refractivity (Wildman–Crippen MR) is 148 cm³/mol. The Bertz CT molecular complexity index is 1530. The van der Waals surface area contributed by atoms with Crippen molar-refractivity contribution in [2.75, 3.05) is 31.1 Å². The van der Waals surface area contributed by atoms with Gasteiger partial charge in [0.2, 0.25) is 0 Å². The van der Waals surface area contributed by atoms with E-state index < -0.39 is 12.3 Å². The van der Waals surface area contributed by atoms with E-state index in [0.29, 0.717) is 31.8 Å². The van der Waals surface area contributed by atoms with E-state index in [1.54, 1.807) is 42.7 Å². The summed E-state index contributed by atoms with van der Waals surface area (Å²) in [6.07, 6.45) is 0.622. The molecule has 12 heteroatoms. The van der Waals surface area contributed by atoms with Crippen LogP contribution in [0.15, 0.2) is 59.3 Å². The molecule has 0 unspecified atom stereocenters. The Hall–Kier alpha value is -3.48. The molecule has 0 saturated carbocycles. The van der Waals surface area contributed by atoms with Crippen LogP contribution in [-0.4, -0.2) is 59.8 Å². The number of carbonyl (C=O) groups is 1. The third kappa shape index (κ3) is 6.62. The first-order chi connectivity index (χ1) is 19.2. The summed E-state index contributed by atoms with van der Waals surface area (Å²) in [6.45, 7) is 3.27. The van der Waals surface area contributed by atoms with Gasteiger partial charge in [0.1, 0.15) is 11.6 Å². The zero-order valence-electron chi connectivity index (χ0n) is 21.2. The molecule has 2 aromatic carbocycles. The summed E-state index contributed by atoms with van der Waals surface area (Å²) in [5.74, 6) is -0.469. The molecule has 1 aliphatic rings. The molecule has 0 bridgehead atoms. The Morgan fingerprint density at radius 3 is 2.67 bits per heavy atom. The van der Waals surface area contributed by atoms with Gasteiger partial charge >= 0.3 is 12.3 Å². The molecule has 0 aliphatic carbocycles. The maximum Gasteiger partial charge on any atom is 0.573 e. The summed E-state index contributed by atoms with van der Waals surface area (Å²) in [5, 5.41) is 15.4. The lowest BCUT2D eigenvalue weighted by atomic mass is 10.0. The van der Waals surface area contributed by atoms with Crippen molar-refractivity contribution in [2.24, 2.45) is 0 Å². The van der Waals surface area contributed by atoms with E-state index in [1.165, 1.54) is 6.07 Å². The van der Waals surface area contributed by atoms with Gasteiger partial charge in [-0.2, -0.15) is 0 Å². The number of unbranched alkanes of at least 4 members (excludes halogenated alkanes) is 1. The standard InChI is InChI=1S/C28H26BrF3N4O4/c29-23-11-17(3-6-25(23)40-28(30,31)32)13-33-8-1-2-10-39-19-15-36(16-19)26-21-7-9-34-14-22(21)20-5-4-18(27(37)38)12-24(20)35-26/h3-7,9,11-12,14,19,33H,1-2,8,10,13,15-16H2,(H,37,38). The summed E-state index contributed by atoms with van der Waals surface area (Å²) >= 11 is 3.12. The van der Waals surface area contributed by atoms with Gasteiger partial charge in [-0.1, -0.05) is 12.1 Å². The van der Waals surface area contributed by atoms with Gasteiger partial charge < -0.3 is 24.8 Å². The fourth-order valence-corrected chi connectivity index (χ4v) is 5.12. The number of aromatic nitrogens is 2. The number of hydrogen-bond donors (Lipinski definition) is 2. The largest absolute Gasteiger partial charge is 0.573 e. The molecule has 3 heterocycles. The van der Waals surface area contributed by atoms with Crippen molar-refractivity contribution in [3.05, 3.63) is 70.5 Å². The zero-order valence-corrected chi connectivity index (χ0v) is 22.8. The molecular formula is C28H26BrF3N4O4. The normalized spacial score (nSPS) is 14.1. The topological polar surface area (TPSA) is 96.8 Å². The van der Waals surface area contributed by atoms with Gasteiger partial charge in [0.25, 0.3) is 0 Å². The Balaban J connectivity index is 1.06. The average molecular weight is 619 g/mol. The van der Waals surface area contributed by atoms with E-state index in [0.717, 1.165) is 46.9 Å². The first-order valence-corrected chi connectivity index (χ1v) is 13.5. The third-order valence-electron chi connectivity index (χ3n) is 6.62. The minimum atomic E-state index is -4.73. The molecule has 2 N–H and O–H groups in total. The molecule has 1 aliphatic heterocycles. The van der Waals surface area contributed by atoms with Gasteiger partial charge in [0, 0.05) is 54.8 Å². The van der Waals surface area contributed by atoms with Crippen LogP contribution in [0.5, 0.6) is 5.75 Å². The van der Waals surface area contributed by atoms with Crippen LogP contribution in [0.25, 0.3) is 21.7 Å². The number of nitrogens with one attached hydrogen (secondary N) is 1. The summed E-state index contributed by atoms with van der Waals surface area (Å²) in [5.41, 5.74) is 1.65. The van der Waals surface area contributed by atoms with Crippen LogP contribution in [0, 0.1) is 0 Å². The number of halogens is 4. The van der Waals surface area contributed by atoms with Crippen LogP contribution in [0.1, 0.15) is 28.8 Å². The Morgan fingerprint density at radius 2 is 1.93 bits per heavy atom. The van der Waals surface area contributed by atoms with Crippen LogP contribution in [-0.2, 0) is 11.3 Å². The Labute approximate surface area is 236 Å². The number of aromatic carboxylic acids is 1. The molecule has 5 rings (SSSR count). The number of anilines is 1. The number of pyridine rings is 2. The highest BCUT2D eigenvalue weighted by Gasteiger charge is 2.32. The number of carboxylic acids is 1. The van der Waals surface area contributed by atoms with Crippen LogP contribution in [0.4, 0.5) is 19.0 Å². The molecule has 0 amide bonds. The van der Waals surface area contributed by atoms with Crippen molar-refractivity contribution >= 4 is 49.4 Å². The number of rotatable bonds is 11. The maximum atomic E-state index is 12.4. The van der Waals surface area contributed by atoms with E-state index in [9.17, 15) is 23.1 Å². The van der Waals surface area contributed by atoms with Gasteiger partial charge in [-0.3, -0.25) is 4.98 Å². The lowest BCUT2D eigenvalue weighted by Crippen LogP contribution is -2.52. The van der Waals surface area contributed by atoms with E-state index >= 15 is 0 Å². The molecule has 1 saturated heterocycles. The fourth-order valence-electron chi connectivity index (χ4n) is 4.62. The second kappa shape index (κ2) is 11.9. The van der Waals surface area contributed by atoms with Crippen molar-refractivity contribution in [3.8, 4) is 5.75 Å². The quantitative estimate of drug-likeness (QED) is 0.158. The minimum Gasteiger partial charge on any atom is -0.478 e. The summed E-state index contributed by atoms with van der Waals surface area (Å²) in [7, 11) is 0. The molecular weight excluding hydrogens is 593 g/mol. The lowest BCUT2D eigenvalue weighted by Gasteiger charge is -2.40. The second-order valence-electron chi connectivity index (χ2n) is 9.49. The van der Waals surface area contributed by atoms with Crippen molar-refractivity contribution < 1.29 is 32.5 Å². The van der Waals surface area contributed by atoms with Crippen LogP contribution in [0.2, 0.25) is 0 Å². The number of ether oxygens (including phenoxy) is 2. The number of alkyl halides is 3. The second-order valence-corrected chi connectivity index (χ2v) is 10.3. The highest BCUT2D eigenvalue weighted by Crippen LogP contribution is 2.34.